The largest absolute Gasteiger partial charge is 0.459 e. The van der Waals surface area contributed by atoms with Gasteiger partial charge in [0.15, 0.2) is 0 Å². The lowest BCUT2D eigenvalue weighted by atomic mass is 10.0. The zero-order chi connectivity index (χ0) is 22.8. The van der Waals surface area contributed by atoms with Crippen LogP contribution < -0.4 is 5.32 Å². The minimum absolute atomic E-state index is 0.0219. The summed E-state index contributed by atoms with van der Waals surface area (Å²) in [6, 6.07) is 5.25. The Morgan fingerprint density at radius 2 is 2.00 bits per heavy atom. The molecule has 0 radical (unpaired) electrons. The molecule has 1 aliphatic heterocycles. The van der Waals surface area contributed by atoms with Crippen molar-refractivity contribution in [3.63, 3.8) is 0 Å². The molecule has 9 nitrogen and oxygen atoms in total. The Balaban J connectivity index is 1.64. The molecule has 2 heterocycles. The van der Waals surface area contributed by atoms with Crippen molar-refractivity contribution in [2.75, 3.05) is 25.0 Å². The number of anilines is 1. The first-order valence-electron chi connectivity index (χ1n) is 10.5. The number of piperidine rings is 1. The van der Waals surface area contributed by atoms with Crippen molar-refractivity contribution in [2.24, 2.45) is 0 Å². The van der Waals surface area contributed by atoms with Gasteiger partial charge in [-0.25, -0.2) is 0 Å². The summed E-state index contributed by atoms with van der Waals surface area (Å²) >= 11 is 0. The maximum atomic E-state index is 12.0. The number of nitrogens with one attached hydrogen (secondary N) is 1. The van der Waals surface area contributed by atoms with E-state index in [-0.39, 0.29) is 29.2 Å². The Hall–Kier alpha value is -2.94. The molecule has 0 unspecified atom stereocenters. The number of nitro groups is 1. The number of nitrogens with zero attached hydrogens (tertiary/aromatic N) is 3. The zero-order valence-corrected chi connectivity index (χ0v) is 18.7. The molecule has 1 fully saturated rings. The van der Waals surface area contributed by atoms with Gasteiger partial charge >= 0.3 is 5.97 Å². The molecular weight excluding hydrogens is 400 g/mol. The minimum Gasteiger partial charge on any atom is -0.459 e. The lowest BCUT2D eigenvalue weighted by Crippen LogP contribution is -2.42. The van der Waals surface area contributed by atoms with Crippen LogP contribution in [0.4, 0.5) is 11.4 Å². The molecule has 9 heteroatoms. The van der Waals surface area contributed by atoms with E-state index < -0.39 is 5.60 Å². The molecule has 0 amide bonds. The first-order valence-corrected chi connectivity index (χ1v) is 10.5. The Labute approximate surface area is 181 Å². The molecule has 1 aliphatic rings. The molecular formula is C22H30N4O5. The smallest absolute Gasteiger partial charge is 0.320 e. The van der Waals surface area contributed by atoms with Gasteiger partial charge in [0.1, 0.15) is 17.0 Å². The maximum Gasteiger partial charge on any atom is 0.320 e. The van der Waals surface area contributed by atoms with Crippen LogP contribution in [0, 0.1) is 24.0 Å². The van der Waals surface area contributed by atoms with E-state index in [2.05, 4.69) is 15.4 Å². The molecule has 0 atom stereocenters. The van der Waals surface area contributed by atoms with Crippen LogP contribution in [-0.2, 0) is 9.53 Å². The number of esters is 1. The average Bonchev–Trinajstić information content (AvgIpc) is 3.00. The summed E-state index contributed by atoms with van der Waals surface area (Å²) < 4.78 is 10.6. The molecule has 1 saturated heterocycles. The Bertz CT molecular complexity index is 936. The van der Waals surface area contributed by atoms with Gasteiger partial charge in [0.2, 0.25) is 0 Å². The van der Waals surface area contributed by atoms with Gasteiger partial charge in [-0.2, -0.15) is 0 Å². The van der Waals surface area contributed by atoms with Crippen LogP contribution in [0.2, 0.25) is 0 Å². The number of ether oxygens (including phenoxy) is 1. The normalized spacial score (nSPS) is 15.6. The second kappa shape index (κ2) is 9.05. The number of aromatic nitrogens is 1. The molecule has 3 rings (SSSR count). The fourth-order valence-electron chi connectivity index (χ4n) is 3.87. The van der Waals surface area contributed by atoms with Gasteiger partial charge in [-0.05, 0) is 59.1 Å². The predicted octanol–water partition coefficient (Wildman–Crippen LogP) is 4.08. The quantitative estimate of drug-likeness (QED) is 0.414. The van der Waals surface area contributed by atoms with Crippen molar-refractivity contribution >= 4 is 17.3 Å². The van der Waals surface area contributed by atoms with Crippen LogP contribution >= 0.6 is 0 Å². The Morgan fingerprint density at radius 1 is 1.32 bits per heavy atom. The number of benzene rings is 1. The molecule has 31 heavy (non-hydrogen) atoms. The Morgan fingerprint density at radius 3 is 2.55 bits per heavy atom. The van der Waals surface area contributed by atoms with E-state index in [0.29, 0.717) is 22.7 Å². The maximum absolute atomic E-state index is 12.0. The van der Waals surface area contributed by atoms with Crippen molar-refractivity contribution in [3.05, 3.63) is 39.8 Å². The van der Waals surface area contributed by atoms with E-state index in [0.717, 1.165) is 31.5 Å². The van der Waals surface area contributed by atoms with Crippen molar-refractivity contribution in [3.8, 4) is 11.1 Å². The van der Waals surface area contributed by atoms with E-state index >= 15 is 0 Å². The SMILES string of the molecule is Cc1noc(C)c1-c1ccc(NC2CCN(CC(=O)OC(C)(C)C)CC2)c([N+](=O)[O-])c1. The van der Waals surface area contributed by atoms with Crippen LogP contribution in [0.5, 0.6) is 0 Å². The van der Waals surface area contributed by atoms with Gasteiger partial charge in [0.25, 0.3) is 5.69 Å². The first-order chi connectivity index (χ1) is 14.5. The minimum atomic E-state index is -0.494. The highest BCUT2D eigenvalue weighted by molar-refractivity contribution is 5.75. The topological polar surface area (TPSA) is 111 Å². The van der Waals surface area contributed by atoms with E-state index in [9.17, 15) is 14.9 Å². The standard InChI is InChI=1S/C22H30N4O5/c1-14-21(15(2)31-24-14)16-6-7-18(19(12-16)26(28)29)23-17-8-10-25(11-9-17)13-20(27)30-22(3,4)5/h6-7,12,17,23H,8-11,13H2,1-5H3. The highest BCUT2D eigenvalue weighted by atomic mass is 16.6. The van der Waals surface area contributed by atoms with Crippen molar-refractivity contribution < 1.29 is 19.0 Å². The molecule has 168 valence electrons. The third kappa shape index (κ3) is 5.81. The zero-order valence-electron chi connectivity index (χ0n) is 18.7. The van der Waals surface area contributed by atoms with Crippen LogP contribution in [0.1, 0.15) is 45.1 Å². The van der Waals surface area contributed by atoms with E-state index in [4.69, 9.17) is 9.26 Å². The number of carbonyl (C=O) groups is 1. The fraction of sp³-hybridized carbons (Fsp3) is 0.545. The van der Waals surface area contributed by atoms with Gasteiger partial charge in [0.05, 0.1) is 17.2 Å². The first kappa shape index (κ1) is 22.7. The lowest BCUT2D eigenvalue weighted by Gasteiger charge is -2.32. The predicted molar refractivity (Wildman–Crippen MR) is 117 cm³/mol. The summed E-state index contributed by atoms with van der Waals surface area (Å²) in [5.74, 6) is 0.398. The van der Waals surface area contributed by atoms with E-state index in [1.807, 2.05) is 33.8 Å². The molecule has 0 spiro atoms. The highest BCUT2D eigenvalue weighted by Gasteiger charge is 2.26. The van der Waals surface area contributed by atoms with Gasteiger partial charge in [-0.3, -0.25) is 19.8 Å². The summed E-state index contributed by atoms with van der Waals surface area (Å²) in [5.41, 5.74) is 2.21. The molecule has 0 bridgehead atoms. The number of likely N-dealkylation sites (tertiary alicyclic amines) is 1. The summed E-state index contributed by atoms with van der Waals surface area (Å²) in [6.07, 6.45) is 1.57. The van der Waals surface area contributed by atoms with Gasteiger partial charge in [-0.15, -0.1) is 0 Å². The van der Waals surface area contributed by atoms with Crippen LogP contribution in [0.3, 0.4) is 0 Å². The van der Waals surface area contributed by atoms with E-state index in [1.54, 1.807) is 19.1 Å². The molecule has 1 N–H and O–H groups in total. The van der Waals surface area contributed by atoms with Crippen LogP contribution in [0.25, 0.3) is 11.1 Å². The van der Waals surface area contributed by atoms with Gasteiger partial charge < -0.3 is 14.6 Å². The van der Waals surface area contributed by atoms with Crippen molar-refractivity contribution in [1.29, 1.82) is 0 Å². The van der Waals surface area contributed by atoms with Gasteiger partial charge in [-0.1, -0.05) is 11.2 Å². The average molecular weight is 431 g/mol. The number of aryl methyl sites for hydroxylation is 2. The second-order valence-electron chi connectivity index (χ2n) is 8.97. The third-order valence-electron chi connectivity index (χ3n) is 5.24. The summed E-state index contributed by atoms with van der Waals surface area (Å²) in [6.45, 7) is 10.9. The molecule has 0 saturated carbocycles. The number of carbonyl (C=O) groups excluding carboxylic acids is 1. The molecule has 2 aromatic rings. The number of rotatable bonds is 6. The van der Waals surface area contributed by atoms with E-state index in [1.165, 1.54) is 0 Å². The monoisotopic (exact) mass is 430 g/mol. The number of hydrogen-bond donors (Lipinski definition) is 1. The third-order valence-corrected chi connectivity index (χ3v) is 5.24. The highest BCUT2D eigenvalue weighted by Crippen LogP contribution is 2.34. The van der Waals surface area contributed by atoms with Gasteiger partial charge in [0, 0.05) is 30.8 Å². The number of hydrogen-bond acceptors (Lipinski definition) is 8. The lowest BCUT2D eigenvalue weighted by molar-refractivity contribution is -0.383. The Kier molecular flexibility index (Phi) is 6.64. The second-order valence-corrected chi connectivity index (χ2v) is 8.97. The molecule has 1 aromatic carbocycles. The number of nitro benzene ring substituents is 1. The molecule has 1 aromatic heterocycles. The van der Waals surface area contributed by atoms with Crippen molar-refractivity contribution in [1.82, 2.24) is 10.1 Å². The van der Waals surface area contributed by atoms with Crippen LogP contribution in [-0.4, -0.2) is 52.2 Å². The molecule has 0 aliphatic carbocycles. The summed E-state index contributed by atoms with van der Waals surface area (Å²) in [7, 11) is 0. The van der Waals surface area contributed by atoms with Crippen LogP contribution in [0.15, 0.2) is 22.7 Å². The summed E-state index contributed by atoms with van der Waals surface area (Å²) in [5, 5.41) is 19.0. The fourth-order valence-corrected chi connectivity index (χ4v) is 3.87. The summed E-state index contributed by atoms with van der Waals surface area (Å²) in [4.78, 5) is 25.4. The van der Waals surface area contributed by atoms with Crippen molar-refractivity contribution in [2.45, 2.75) is 59.1 Å².